The normalized spacial score (nSPS) is 11.2. The molecule has 0 spiro atoms. The van der Waals surface area contributed by atoms with Gasteiger partial charge in [-0.1, -0.05) is 36.4 Å². The van der Waals surface area contributed by atoms with Crippen LogP contribution in [0.1, 0.15) is 17.0 Å². The molecular weight excluding hydrogens is 366 g/mol. The van der Waals surface area contributed by atoms with Crippen LogP contribution in [-0.2, 0) is 0 Å². The molecular formula is C23H17N3O3. The second-order valence-corrected chi connectivity index (χ2v) is 6.62. The van der Waals surface area contributed by atoms with Crippen molar-refractivity contribution in [1.82, 2.24) is 9.55 Å². The van der Waals surface area contributed by atoms with Crippen LogP contribution >= 0.6 is 0 Å². The number of rotatable bonds is 4. The average Bonchev–Trinajstić information content (AvgIpc) is 2.72. The third-order valence-corrected chi connectivity index (χ3v) is 4.61. The number of fused-ring (bicyclic) bond motifs is 1. The van der Waals surface area contributed by atoms with Gasteiger partial charge >= 0.3 is 0 Å². The third kappa shape index (κ3) is 3.55. The lowest BCUT2D eigenvalue weighted by Gasteiger charge is -2.12. The van der Waals surface area contributed by atoms with Crippen LogP contribution in [-0.4, -0.2) is 14.5 Å². The van der Waals surface area contributed by atoms with Gasteiger partial charge in [-0.3, -0.25) is 19.5 Å². The van der Waals surface area contributed by atoms with E-state index in [-0.39, 0.29) is 11.2 Å². The molecule has 0 aliphatic carbocycles. The highest BCUT2D eigenvalue weighted by Gasteiger charge is 2.13. The molecule has 0 fully saturated rings. The minimum absolute atomic E-state index is 0.00556. The zero-order chi connectivity index (χ0) is 20.4. The van der Waals surface area contributed by atoms with Crippen LogP contribution in [0.25, 0.3) is 28.7 Å². The molecule has 0 N–H and O–H groups in total. The summed E-state index contributed by atoms with van der Waals surface area (Å²) in [5, 5.41) is 11.8. The van der Waals surface area contributed by atoms with Gasteiger partial charge in [0, 0.05) is 6.07 Å². The van der Waals surface area contributed by atoms with Crippen molar-refractivity contribution in [2.75, 3.05) is 0 Å². The molecule has 0 radical (unpaired) electrons. The summed E-state index contributed by atoms with van der Waals surface area (Å²) in [7, 11) is 0. The summed E-state index contributed by atoms with van der Waals surface area (Å²) in [5.41, 5.74) is 2.52. The first kappa shape index (κ1) is 18.3. The fourth-order valence-corrected chi connectivity index (χ4v) is 3.24. The van der Waals surface area contributed by atoms with Crippen molar-refractivity contribution in [1.29, 1.82) is 0 Å². The van der Waals surface area contributed by atoms with E-state index in [1.165, 1.54) is 10.6 Å². The van der Waals surface area contributed by atoms with Gasteiger partial charge in [0.2, 0.25) is 0 Å². The fraction of sp³-hybridized carbons (Fsp3) is 0.0435. The van der Waals surface area contributed by atoms with E-state index >= 15 is 0 Å². The van der Waals surface area contributed by atoms with E-state index in [0.29, 0.717) is 28.0 Å². The highest BCUT2D eigenvalue weighted by molar-refractivity contribution is 5.80. The molecule has 29 heavy (non-hydrogen) atoms. The van der Waals surface area contributed by atoms with Gasteiger partial charge in [0.05, 0.1) is 27.1 Å². The highest BCUT2D eigenvalue weighted by atomic mass is 16.6. The van der Waals surface area contributed by atoms with E-state index < -0.39 is 4.92 Å². The lowest BCUT2D eigenvalue weighted by molar-refractivity contribution is -0.385. The first-order valence-electron chi connectivity index (χ1n) is 9.05. The Bertz CT molecular complexity index is 1320. The number of aromatic nitrogens is 2. The van der Waals surface area contributed by atoms with E-state index in [4.69, 9.17) is 0 Å². The Labute approximate surface area is 166 Å². The monoisotopic (exact) mass is 383 g/mol. The number of para-hydroxylation sites is 2. The van der Waals surface area contributed by atoms with Gasteiger partial charge in [0.1, 0.15) is 5.82 Å². The van der Waals surface area contributed by atoms with E-state index in [9.17, 15) is 14.9 Å². The molecule has 0 unspecified atom stereocenters. The zero-order valence-electron chi connectivity index (χ0n) is 15.6. The Morgan fingerprint density at radius 2 is 1.72 bits per heavy atom. The minimum Gasteiger partial charge on any atom is -0.268 e. The predicted molar refractivity (Wildman–Crippen MR) is 114 cm³/mol. The van der Waals surface area contributed by atoms with Crippen LogP contribution in [0.15, 0.2) is 77.6 Å². The van der Waals surface area contributed by atoms with Gasteiger partial charge in [-0.05, 0) is 55.0 Å². The van der Waals surface area contributed by atoms with Crippen LogP contribution < -0.4 is 5.56 Å². The van der Waals surface area contributed by atoms with Crippen molar-refractivity contribution in [2.24, 2.45) is 0 Å². The zero-order valence-corrected chi connectivity index (χ0v) is 15.6. The quantitative estimate of drug-likeness (QED) is 0.375. The summed E-state index contributed by atoms with van der Waals surface area (Å²) < 4.78 is 1.53. The lowest BCUT2D eigenvalue weighted by atomic mass is 10.1. The second-order valence-electron chi connectivity index (χ2n) is 6.62. The molecule has 0 amide bonds. The van der Waals surface area contributed by atoms with Gasteiger partial charge in [-0.2, -0.15) is 0 Å². The summed E-state index contributed by atoms with van der Waals surface area (Å²) in [6.07, 6.45) is 3.25. The van der Waals surface area contributed by atoms with Gasteiger partial charge in [-0.25, -0.2) is 4.98 Å². The maximum atomic E-state index is 13.2. The molecule has 0 bridgehead atoms. The van der Waals surface area contributed by atoms with Crippen LogP contribution in [0.4, 0.5) is 5.69 Å². The van der Waals surface area contributed by atoms with Gasteiger partial charge in [-0.15, -0.1) is 0 Å². The van der Waals surface area contributed by atoms with Gasteiger partial charge < -0.3 is 0 Å². The number of nitro groups is 1. The van der Waals surface area contributed by atoms with Crippen molar-refractivity contribution in [3.05, 3.63) is 110 Å². The summed E-state index contributed by atoms with van der Waals surface area (Å²) in [6.45, 7) is 1.95. The Morgan fingerprint density at radius 1 is 0.966 bits per heavy atom. The SMILES string of the molecule is Cc1cccc(-n2c(C=Cc3ccccc3[N+](=O)[O-])nc3ccccc3c2=O)c1. The Kier molecular flexibility index (Phi) is 4.75. The molecule has 0 aliphatic rings. The van der Waals surface area contributed by atoms with Crippen molar-refractivity contribution < 1.29 is 4.92 Å². The molecule has 142 valence electrons. The summed E-state index contributed by atoms with van der Waals surface area (Å²) in [4.78, 5) is 28.7. The standard InChI is InChI=1S/C23H17N3O3/c1-16-7-6-9-18(15-16)25-22(24-20-11-4-3-10-19(20)23(25)27)14-13-17-8-2-5-12-21(17)26(28)29/h2-15H,1H3. The lowest BCUT2D eigenvalue weighted by Crippen LogP contribution is -2.22. The summed E-state index contributed by atoms with van der Waals surface area (Å²) in [6, 6.07) is 21.2. The summed E-state index contributed by atoms with van der Waals surface area (Å²) >= 11 is 0. The largest absolute Gasteiger partial charge is 0.276 e. The number of nitro benzene ring substituents is 1. The molecule has 6 heteroatoms. The van der Waals surface area contributed by atoms with E-state index in [0.717, 1.165) is 5.56 Å². The van der Waals surface area contributed by atoms with E-state index in [2.05, 4.69) is 4.98 Å². The molecule has 4 rings (SSSR count). The second kappa shape index (κ2) is 7.52. The van der Waals surface area contributed by atoms with E-state index in [1.807, 2.05) is 37.3 Å². The van der Waals surface area contributed by atoms with Crippen LogP contribution in [0.5, 0.6) is 0 Å². The molecule has 6 nitrogen and oxygen atoms in total. The maximum Gasteiger partial charge on any atom is 0.276 e. The van der Waals surface area contributed by atoms with Crippen molar-refractivity contribution >= 4 is 28.7 Å². The minimum atomic E-state index is -0.429. The number of benzene rings is 3. The molecule has 4 aromatic rings. The third-order valence-electron chi connectivity index (χ3n) is 4.61. The predicted octanol–water partition coefficient (Wildman–Crippen LogP) is 4.77. The number of hydrogen-bond donors (Lipinski definition) is 0. The Morgan fingerprint density at radius 3 is 2.52 bits per heavy atom. The van der Waals surface area contributed by atoms with Crippen molar-refractivity contribution in [2.45, 2.75) is 6.92 Å². The van der Waals surface area contributed by atoms with Crippen LogP contribution in [0.2, 0.25) is 0 Å². The number of hydrogen-bond acceptors (Lipinski definition) is 4. The van der Waals surface area contributed by atoms with E-state index in [1.54, 1.807) is 48.6 Å². The molecule has 1 heterocycles. The van der Waals surface area contributed by atoms with Gasteiger partial charge in [0.15, 0.2) is 0 Å². The smallest absolute Gasteiger partial charge is 0.268 e. The van der Waals surface area contributed by atoms with Gasteiger partial charge in [0.25, 0.3) is 11.2 Å². The first-order chi connectivity index (χ1) is 14.0. The van der Waals surface area contributed by atoms with Crippen LogP contribution in [0, 0.1) is 17.0 Å². The fourth-order valence-electron chi connectivity index (χ4n) is 3.24. The maximum absolute atomic E-state index is 13.2. The molecule has 3 aromatic carbocycles. The Balaban J connectivity index is 1.95. The number of aryl methyl sites for hydroxylation is 1. The molecule has 1 aromatic heterocycles. The summed E-state index contributed by atoms with van der Waals surface area (Å²) in [5.74, 6) is 0.400. The number of nitrogens with zero attached hydrogens (tertiary/aromatic N) is 3. The first-order valence-corrected chi connectivity index (χ1v) is 9.05. The molecule has 0 aliphatic heterocycles. The van der Waals surface area contributed by atoms with Crippen molar-refractivity contribution in [3.63, 3.8) is 0 Å². The highest BCUT2D eigenvalue weighted by Crippen LogP contribution is 2.21. The van der Waals surface area contributed by atoms with Crippen LogP contribution in [0.3, 0.4) is 0 Å². The van der Waals surface area contributed by atoms with Crippen molar-refractivity contribution in [3.8, 4) is 5.69 Å². The average molecular weight is 383 g/mol. The topological polar surface area (TPSA) is 78.0 Å². The Hall–Kier alpha value is -4.06. The molecule has 0 atom stereocenters. The molecule has 0 saturated heterocycles. The molecule has 0 saturated carbocycles.